The van der Waals surface area contributed by atoms with E-state index in [2.05, 4.69) is 15.0 Å². The number of aromatic nitrogens is 3. The van der Waals surface area contributed by atoms with Crippen LogP contribution < -0.4 is 11.5 Å². The highest BCUT2D eigenvalue weighted by molar-refractivity contribution is 5.90. The number of nitrogens with two attached hydrogens (primary N) is 2. The van der Waals surface area contributed by atoms with E-state index in [1.165, 1.54) is 12.3 Å². The summed E-state index contributed by atoms with van der Waals surface area (Å²) in [5, 5.41) is 8.98. The number of carboxylic acid groups (broad SMARTS) is 1. The maximum absolute atomic E-state index is 11.0. The molecule has 0 amide bonds. The van der Waals surface area contributed by atoms with Gasteiger partial charge in [-0.2, -0.15) is 0 Å². The monoisotopic (exact) mass is 305 g/mol. The van der Waals surface area contributed by atoms with E-state index in [9.17, 15) is 4.79 Å². The number of nitrogen functional groups attached to an aromatic ring is 1. The van der Waals surface area contributed by atoms with Gasteiger partial charge in [0.1, 0.15) is 0 Å². The minimum atomic E-state index is -1.03. The van der Waals surface area contributed by atoms with Crippen molar-refractivity contribution < 1.29 is 9.90 Å². The van der Waals surface area contributed by atoms with Crippen LogP contribution in [0.4, 0.5) is 5.95 Å². The summed E-state index contributed by atoms with van der Waals surface area (Å²) in [5.41, 5.74) is 12.6. The Kier molecular flexibility index (Phi) is 6.26. The van der Waals surface area contributed by atoms with Gasteiger partial charge < -0.3 is 21.6 Å². The first-order valence-corrected chi connectivity index (χ1v) is 4.86. The number of hydrogen-bond donors (Lipinski definition) is 4. The van der Waals surface area contributed by atoms with E-state index in [0.717, 1.165) is 0 Å². The second kappa shape index (κ2) is 6.93. The van der Waals surface area contributed by atoms with Gasteiger partial charge in [0.2, 0.25) is 5.95 Å². The molecule has 9 heteroatoms. The summed E-state index contributed by atoms with van der Waals surface area (Å²) in [6, 6.07) is 3.11. The molecule has 19 heavy (non-hydrogen) atoms. The molecule has 0 aliphatic carbocycles. The number of aromatic carboxylic acids is 1. The maximum atomic E-state index is 11.0. The molecule has 0 unspecified atom stereocenters. The van der Waals surface area contributed by atoms with Gasteiger partial charge in [0.05, 0.1) is 17.0 Å². The van der Waals surface area contributed by atoms with Gasteiger partial charge in [-0.25, -0.2) is 14.8 Å². The van der Waals surface area contributed by atoms with Gasteiger partial charge in [0, 0.05) is 18.4 Å². The molecule has 0 saturated heterocycles. The van der Waals surface area contributed by atoms with Crippen LogP contribution in [0.3, 0.4) is 0 Å². The van der Waals surface area contributed by atoms with Gasteiger partial charge >= 0.3 is 5.97 Å². The molecule has 2 aromatic heterocycles. The zero-order valence-corrected chi connectivity index (χ0v) is 11.3. The molecule has 0 radical (unpaired) electrons. The van der Waals surface area contributed by atoms with E-state index >= 15 is 0 Å². The average Bonchev–Trinajstić information content (AvgIpc) is 2.73. The van der Waals surface area contributed by atoms with Gasteiger partial charge in [-0.05, 0) is 12.1 Å². The standard InChI is InChI=1S/C10H11N5O2.2ClH/c11-4-8-5(9(16)17)3-7(14-8)6-1-2-13-10(12)15-6;;/h1-3,14H,4,11H2,(H,16,17)(H2,12,13,15);2*1H. The van der Waals surface area contributed by atoms with Crippen LogP contribution in [0.2, 0.25) is 0 Å². The van der Waals surface area contributed by atoms with Crippen molar-refractivity contribution in [1.29, 1.82) is 0 Å². The van der Waals surface area contributed by atoms with Crippen molar-refractivity contribution in [3.63, 3.8) is 0 Å². The molecule has 0 aliphatic rings. The lowest BCUT2D eigenvalue weighted by Gasteiger charge is -1.97. The van der Waals surface area contributed by atoms with Crippen molar-refractivity contribution in [2.75, 3.05) is 5.73 Å². The summed E-state index contributed by atoms with van der Waals surface area (Å²) >= 11 is 0. The largest absolute Gasteiger partial charge is 0.478 e. The normalized spacial score (nSPS) is 9.32. The van der Waals surface area contributed by atoms with Crippen molar-refractivity contribution >= 4 is 36.7 Å². The Morgan fingerprint density at radius 2 is 2.11 bits per heavy atom. The molecule has 2 aromatic rings. The molecule has 0 saturated carbocycles. The number of rotatable bonds is 3. The number of anilines is 1. The molecule has 0 spiro atoms. The van der Waals surface area contributed by atoms with Crippen LogP contribution in [0.5, 0.6) is 0 Å². The first kappa shape index (κ1) is 17.2. The lowest BCUT2D eigenvalue weighted by atomic mass is 10.2. The topological polar surface area (TPSA) is 131 Å². The van der Waals surface area contributed by atoms with E-state index in [4.69, 9.17) is 16.6 Å². The number of nitrogens with zero attached hydrogens (tertiary/aromatic N) is 2. The number of H-pyrrole nitrogens is 1. The summed E-state index contributed by atoms with van der Waals surface area (Å²) in [7, 11) is 0. The highest BCUT2D eigenvalue weighted by atomic mass is 35.5. The summed E-state index contributed by atoms with van der Waals surface area (Å²) in [5.74, 6) is -0.904. The Morgan fingerprint density at radius 3 is 2.58 bits per heavy atom. The molecule has 2 rings (SSSR count). The van der Waals surface area contributed by atoms with E-state index in [-0.39, 0.29) is 42.9 Å². The molecule has 6 N–H and O–H groups in total. The number of carbonyl (C=O) groups is 1. The fraction of sp³-hybridized carbons (Fsp3) is 0.100. The molecule has 0 aromatic carbocycles. The smallest absolute Gasteiger partial charge is 0.337 e. The molecular formula is C10H13Cl2N5O2. The lowest BCUT2D eigenvalue weighted by molar-refractivity contribution is 0.0696. The number of aromatic amines is 1. The van der Waals surface area contributed by atoms with Crippen LogP contribution in [0, 0.1) is 0 Å². The van der Waals surface area contributed by atoms with Crippen LogP contribution in [0.15, 0.2) is 18.3 Å². The van der Waals surface area contributed by atoms with Gasteiger partial charge in [-0.3, -0.25) is 0 Å². The lowest BCUT2D eigenvalue weighted by Crippen LogP contribution is -2.04. The minimum Gasteiger partial charge on any atom is -0.478 e. The number of hydrogen-bond acceptors (Lipinski definition) is 5. The van der Waals surface area contributed by atoms with Crippen LogP contribution >= 0.6 is 24.8 Å². The van der Waals surface area contributed by atoms with Crippen molar-refractivity contribution in [2.45, 2.75) is 6.54 Å². The fourth-order valence-corrected chi connectivity index (χ4v) is 1.51. The molecule has 0 atom stereocenters. The summed E-state index contributed by atoms with van der Waals surface area (Å²) in [6.07, 6.45) is 1.50. The van der Waals surface area contributed by atoms with Gasteiger partial charge in [0.15, 0.2) is 0 Å². The minimum absolute atomic E-state index is 0. The molecule has 7 nitrogen and oxygen atoms in total. The van der Waals surface area contributed by atoms with E-state index in [1.807, 2.05) is 0 Å². The first-order chi connectivity index (χ1) is 8.11. The van der Waals surface area contributed by atoms with Crippen LogP contribution in [-0.2, 0) is 6.54 Å². The highest BCUT2D eigenvalue weighted by Gasteiger charge is 2.14. The molecule has 0 bridgehead atoms. The third-order valence-corrected chi connectivity index (χ3v) is 2.28. The van der Waals surface area contributed by atoms with Crippen LogP contribution in [0.1, 0.15) is 16.1 Å². The van der Waals surface area contributed by atoms with Crippen molar-refractivity contribution in [2.24, 2.45) is 5.73 Å². The first-order valence-electron chi connectivity index (χ1n) is 4.86. The summed E-state index contributed by atoms with van der Waals surface area (Å²) < 4.78 is 0. The summed E-state index contributed by atoms with van der Waals surface area (Å²) in [6.45, 7) is 0.113. The Bertz CT molecular complexity index is 573. The average molecular weight is 306 g/mol. The highest BCUT2D eigenvalue weighted by Crippen LogP contribution is 2.20. The molecule has 2 heterocycles. The van der Waals surface area contributed by atoms with Crippen molar-refractivity contribution in [3.8, 4) is 11.4 Å². The third-order valence-electron chi connectivity index (χ3n) is 2.28. The van der Waals surface area contributed by atoms with Crippen molar-refractivity contribution in [3.05, 3.63) is 29.6 Å². The molecular weight excluding hydrogens is 293 g/mol. The molecule has 0 aliphatic heterocycles. The maximum Gasteiger partial charge on any atom is 0.337 e. The van der Waals surface area contributed by atoms with Gasteiger partial charge in [-0.15, -0.1) is 24.8 Å². The quantitative estimate of drug-likeness (QED) is 0.670. The predicted octanol–water partition coefficient (Wildman–Crippen LogP) is 1.05. The molecule has 104 valence electrons. The van der Waals surface area contributed by atoms with E-state index < -0.39 is 5.97 Å². The van der Waals surface area contributed by atoms with E-state index in [0.29, 0.717) is 17.1 Å². The summed E-state index contributed by atoms with van der Waals surface area (Å²) in [4.78, 5) is 21.6. The van der Waals surface area contributed by atoms with Crippen LogP contribution in [-0.4, -0.2) is 26.0 Å². The predicted molar refractivity (Wildman–Crippen MR) is 75.6 cm³/mol. The third kappa shape index (κ3) is 3.57. The van der Waals surface area contributed by atoms with Gasteiger partial charge in [0.25, 0.3) is 0 Å². The Morgan fingerprint density at radius 1 is 1.42 bits per heavy atom. The van der Waals surface area contributed by atoms with Crippen molar-refractivity contribution in [1.82, 2.24) is 15.0 Å². The zero-order valence-electron chi connectivity index (χ0n) is 9.66. The Labute approximate surface area is 121 Å². The van der Waals surface area contributed by atoms with Gasteiger partial charge in [-0.1, -0.05) is 0 Å². The fourth-order valence-electron chi connectivity index (χ4n) is 1.51. The second-order valence-corrected chi connectivity index (χ2v) is 3.38. The number of halogens is 2. The molecule has 0 fully saturated rings. The van der Waals surface area contributed by atoms with Crippen LogP contribution in [0.25, 0.3) is 11.4 Å². The second-order valence-electron chi connectivity index (χ2n) is 3.38. The number of carboxylic acids is 1. The number of nitrogens with one attached hydrogen (secondary N) is 1. The zero-order chi connectivity index (χ0) is 12.4. The Balaban J connectivity index is 0.00000162. The van der Waals surface area contributed by atoms with E-state index in [1.54, 1.807) is 6.07 Å². The Hall–Kier alpha value is -1.83. The SMILES string of the molecule is Cl.Cl.NCc1[nH]c(-c2ccnc(N)n2)cc1C(=O)O.